The number of halogens is 4. The van der Waals surface area contributed by atoms with Gasteiger partial charge in [-0.05, 0) is 113 Å². The Bertz CT molecular complexity index is 3860. The first-order chi connectivity index (χ1) is 39.9. The number of carbonyl (C=O) groups is 1. The summed E-state index contributed by atoms with van der Waals surface area (Å²) in [7, 11) is 4.79. The molecule has 12 rings (SSSR count). The van der Waals surface area contributed by atoms with Crippen LogP contribution in [0.15, 0.2) is 182 Å². The molecule has 0 amide bonds. The molecule has 0 spiro atoms. The second-order valence-electron chi connectivity index (χ2n) is 18.9. The van der Waals surface area contributed by atoms with Gasteiger partial charge in [0, 0.05) is 41.7 Å². The first kappa shape index (κ1) is 55.1. The number of rotatable bonds is 15. The van der Waals surface area contributed by atoms with Crippen molar-refractivity contribution in [2.75, 3.05) is 34.5 Å². The van der Waals surface area contributed by atoms with Crippen molar-refractivity contribution >= 4 is 46.3 Å². The van der Waals surface area contributed by atoms with Gasteiger partial charge in [-0.25, -0.2) is 24.1 Å². The van der Waals surface area contributed by atoms with Crippen LogP contribution in [-0.4, -0.2) is 77.2 Å². The SMILES string of the molecule is COc1ccc(C(OC[C@@H]2COc3ccc(OCc4ccnc(-c5ccccc5OC)n4)c(c3)C[C@H](C(=O)O)Oc3nccn4c(Cl)c(-c5ccc(F)cc5)c(c34)-c3cc(Cl)c(c(Cl)c3)O2)(c2ccccc2)c2ccc(OC)cc2)cc1. The van der Waals surface area contributed by atoms with Crippen LogP contribution in [0.2, 0.25) is 15.2 Å². The first-order valence-electron chi connectivity index (χ1n) is 25.8. The Balaban J connectivity index is 1.05. The van der Waals surface area contributed by atoms with Crippen LogP contribution in [-0.2, 0) is 28.2 Å². The fraction of sp³-hybridized carbons (Fsp3) is 0.156. The lowest BCUT2D eigenvalue weighted by atomic mass is 9.80. The molecule has 2 atom stereocenters. The molecule has 0 aliphatic carbocycles. The maximum atomic E-state index is 14.6. The predicted molar refractivity (Wildman–Crippen MR) is 310 cm³/mol. The normalized spacial score (nSPS) is 14.2. The van der Waals surface area contributed by atoms with Crippen molar-refractivity contribution < 1.29 is 52.2 Å². The van der Waals surface area contributed by atoms with Crippen LogP contribution in [0.1, 0.15) is 27.9 Å². The number of methoxy groups -OCH3 is 3. The number of aromatic nitrogens is 4. The van der Waals surface area contributed by atoms with Gasteiger partial charge in [0.05, 0.1) is 49.2 Å². The van der Waals surface area contributed by atoms with Crippen molar-refractivity contribution in [1.82, 2.24) is 19.4 Å². The molecule has 10 aromatic rings. The number of fused-ring (bicyclic) bond motifs is 7. The molecule has 14 nitrogen and oxygen atoms in total. The van der Waals surface area contributed by atoms with E-state index >= 15 is 0 Å². The predicted octanol–water partition coefficient (Wildman–Crippen LogP) is 14.1. The quantitative estimate of drug-likeness (QED) is 0.0969. The number of hydrogen-bond acceptors (Lipinski definition) is 12. The third-order valence-electron chi connectivity index (χ3n) is 14.0. The average Bonchev–Trinajstić information content (AvgIpc) is 3.84. The minimum atomic E-state index is -1.58. The van der Waals surface area contributed by atoms with Crippen molar-refractivity contribution in [3.8, 4) is 74.0 Å². The van der Waals surface area contributed by atoms with Crippen molar-refractivity contribution in [1.29, 1.82) is 0 Å². The molecule has 414 valence electrons. The lowest BCUT2D eigenvalue weighted by molar-refractivity contribution is -0.145. The topological polar surface area (TPSA) is 154 Å². The Hall–Kier alpha value is -8.86. The van der Waals surface area contributed by atoms with Crippen LogP contribution in [0, 0.1) is 5.82 Å². The van der Waals surface area contributed by atoms with Gasteiger partial charge >= 0.3 is 5.97 Å². The Morgan fingerprint density at radius 1 is 0.707 bits per heavy atom. The van der Waals surface area contributed by atoms with Crippen LogP contribution >= 0.6 is 34.8 Å². The molecule has 3 aromatic heterocycles. The van der Waals surface area contributed by atoms with E-state index in [1.54, 1.807) is 86.7 Å². The molecule has 1 N–H and O–H groups in total. The Kier molecular flexibility index (Phi) is 16.2. The number of benzene rings is 7. The van der Waals surface area contributed by atoms with Crippen LogP contribution < -0.4 is 33.2 Å². The summed E-state index contributed by atoms with van der Waals surface area (Å²) >= 11 is 21.9. The molecular formula is C64H50Cl3FN4O10. The molecule has 4 bridgehead atoms. The van der Waals surface area contributed by atoms with Crippen molar-refractivity contribution in [3.63, 3.8) is 0 Å². The smallest absolute Gasteiger partial charge is 0.345 e. The standard InChI is InChI=1S/C64H50Cl3FN4O10/c1-75-46-21-15-42(16-22-46)64(41-9-5-4-6-10-41,43-17-23-47(76-2)24-18-43)80-37-49-36-78-48-25-26-53(79-35-45-27-28-69-61(71-45)50-11-7-8-12-54(50)77-3)39(31-48)34-55(63(73)74)82-62-58-56(40-32-51(65)59(81-49)52(66)33-40)57(38-13-19-44(68)20-14-38)60(67)72(58)30-29-70-62/h4-33,49,55H,34-37H2,1-3H3,(H,73,74)/t49-,55+/m0/s1. The van der Waals surface area contributed by atoms with Gasteiger partial charge in [0.1, 0.15) is 64.0 Å². The van der Waals surface area contributed by atoms with Gasteiger partial charge < -0.3 is 47.4 Å². The van der Waals surface area contributed by atoms with Crippen LogP contribution in [0.4, 0.5) is 4.39 Å². The molecule has 0 saturated heterocycles. The van der Waals surface area contributed by atoms with E-state index in [1.807, 2.05) is 103 Å². The number of aliphatic carboxylic acids is 1. The zero-order valence-corrected chi connectivity index (χ0v) is 46.5. The van der Waals surface area contributed by atoms with E-state index in [0.717, 1.165) is 16.7 Å². The largest absolute Gasteiger partial charge is 0.497 e. The van der Waals surface area contributed by atoms with Crippen molar-refractivity contribution in [2.45, 2.75) is 30.8 Å². The van der Waals surface area contributed by atoms with E-state index in [-0.39, 0.29) is 58.6 Å². The van der Waals surface area contributed by atoms with Gasteiger partial charge in [-0.15, -0.1) is 0 Å². The highest BCUT2D eigenvalue weighted by molar-refractivity contribution is 6.38. The van der Waals surface area contributed by atoms with Gasteiger partial charge in [0.15, 0.2) is 17.7 Å². The van der Waals surface area contributed by atoms with E-state index in [0.29, 0.717) is 73.6 Å². The van der Waals surface area contributed by atoms with E-state index in [1.165, 1.54) is 18.3 Å². The van der Waals surface area contributed by atoms with Gasteiger partial charge in [-0.3, -0.25) is 0 Å². The Morgan fingerprint density at radius 3 is 2.05 bits per heavy atom. The fourth-order valence-electron chi connectivity index (χ4n) is 10.0. The number of para-hydroxylation sites is 1. The second-order valence-corrected chi connectivity index (χ2v) is 20.1. The minimum Gasteiger partial charge on any atom is -0.497 e. The number of nitrogens with zero attached hydrogens (tertiary/aromatic N) is 4. The fourth-order valence-corrected chi connectivity index (χ4v) is 10.9. The third kappa shape index (κ3) is 11.2. The van der Waals surface area contributed by atoms with E-state index in [2.05, 4.69) is 9.97 Å². The van der Waals surface area contributed by atoms with Gasteiger partial charge in [0.2, 0.25) is 12.0 Å². The molecule has 7 aromatic carbocycles. The molecule has 0 radical (unpaired) electrons. The summed E-state index contributed by atoms with van der Waals surface area (Å²) in [5.41, 5.74) is 4.73. The maximum absolute atomic E-state index is 14.6. The highest BCUT2D eigenvalue weighted by Crippen LogP contribution is 2.49. The highest BCUT2D eigenvalue weighted by Gasteiger charge is 2.39. The monoisotopic (exact) mass is 1160 g/mol. The van der Waals surface area contributed by atoms with Crippen LogP contribution in [0.3, 0.4) is 0 Å². The summed E-state index contributed by atoms with van der Waals surface area (Å²) in [5, 5.41) is 11.4. The summed E-state index contributed by atoms with van der Waals surface area (Å²) in [4.78, 5) is 27.4. The highest BCUT2D eigenvalue weighted by atomic mass is 35.5. The number of carboxylic acid groups (broad SMARTS) is 1. The van der Waals surface area contributed by atoms with Gasteiger partial charge in [-0.2, -0.15) is 0 Å². The third-order valence-corrected chi connectivity index (χ3v) is 14.9. The summed E-state index contributed by atoms with van der Waals surface area (Å²) < 4.78 is 66.9. The van der Waals surface area contributed by atoms with Crippen molar-refractivity contribution in [2.24, 2.45) is 0 Å². The van der Waals surface area contributed by atoms with E-state index in [9.17, 15) is 14.3 Å². The molecule has 0 unspecified atom stereocenters. The molecule has 18 heteroatoms. The Labute approximate surface area is 486 Å². The lowest BCUT2D eigenvalue weighted by Crippen LogP contribution is -2.39. The van der Waals surface area contributed by atoms with E-state index < -0.39 is 29.6 Å². The van der Waals surface area contributed by atoms with Crippen molar-refractivity contribution in [3.05, 3.63) is 231 Å². The first-order valence-corrected chi connectivity index (χ1v) is 26.9. The second kappa shape index (κ2) is 24.1. The summed E-state index contributed by atoms with van der Waals surface area (Å²) in [6, 6.07) is 48.3. The molecule has 82 heavy (non-hydrogen) atoms. The summed E-state index contributed by atoms with van der Waals surface area (Å²) in [5.74, 6) is 1.18. The van der Waals surface area contributed by atoms with E-state index in [4.69, 9.17) is 77.7 Å². The molecule has 2 aliphatic rings. The summed E-state index contributed by atoms with van der Waals surface area (Å²) in [6.07, 6.45) is 1.87. The summed E-state index contributed by atoms with van der Waals surface area (Å²) in [6.45, 7) is -0.327. The average molecular weight is 1160 g/mol. The number of ether oxygens (including phenoxy) is 8. The minimum absolute atomic E-state index is 0.0347. The zero-order valence-electron chi connectivity index (χ0n) is 44.2. The van der Waals surface area contributed by atoms with Gasteiger partial charge in [-0.1, -0.05) is 114 Å². The van der Waals surface area contributed by atoms with Crippen LogP contribution in [0.5, 0.6) is 40.4 Å². The molecule has 0 saturated carbocycles. The Morgan fingerprint density at radius 2 is 1.38 bits per heavy atom. The lowest BCUT2D eigenvalue weighted by Gasteiger charge is -2.37. The molecular weight excluding hydrogens is 1110 g/mol. The maximum Gasteiger partial charge on any atom is 0.345 e. The molecule has 5 heterocycles. The molecule has 2 aliphatic heterocycles. The van der Waals surface area contributed by atoms with Crippen LogP contribution in [0.25, 0.3) is 39.2 Å². The molecule has 0 fully saturated rings. The number of hydrogen-bond donors (Lipinski definition) is 1. The zero-order chi connectivity index (χ0) is 56.9. The van der Waals surface area contributed by atoms with Gasteiger partial charge in [0.25, 0.3) is 0 Å². The number of carboxylic acids is 1.